The van der Waals surface area contributed by atoms with Crippen LogP contribution in [-0.2, 0) is 30.8 Å². The summed E-state index contributed by atoms with van der Waals surface area (Å²) >= 11 is 0. The Labute approximate surface area is 209 Å². The first-order valence-corrected chi connectivity index (χ1v) is 12.2. The molecule has 1 aliphatic heterocycles. The van der Waals surface area contributed by atoms with Crippen molar-refractivity contribution in [2.45, 2.75) is 33.0 Å². The highest BCUT2D eigenvalue weighted by molar-refractivity contribution is 5.86. The molecule has 0 saturated carbocycles. The molecule has 0 aliphatic carbocycles. The van der Waals surface area contributed by atoms with Gasteiger partial charge in [-0.1, -0.05) is 49.4 Å². The normalized spacial score (nSPS) is 12.4. The first-order chi connectivity index (χ1) is 17.6. The van der Waals surface area contributed by atoms with Crippen molar-refractivity contribution in [3.63, 3.8) is 0 Å². The second-order valence-electron chi connectivity index (χ2n) is 8.78. The van der Waals surface area contributed by atoms with E-state index >= 15 is 0 Å². The number of nitrogens with one attached hydrogen (secondary N) is 2. The van der Waals surface area contributed by atoms with Gasteiger partial charge in [0.15, 0.2) is 11.5 Å². The Morgan fingerprint density at radius 1 is 0.889 bits per heavy atom. The van der Waals surface area contributed by atoms with Crippen LogP contribution in [0.3, 0.4) is 0 Å². The van der Waals surface area contributed by atoms with Crippen LogP contribution in [0, 0.1) is 0 Å². The van der Waals surface area contributed by atoms with E-state index in [-0.39, 0.29) is 18.0 Å². The fraction of sp³-hybridized carbons (Fsp3) is 0.241. The number of hydrogen-bond donors (Lipinski definition) is 2. The minimum absolute atomic E-state index is 0.0964. The van der Waals surface area contributed by atoms with Gasteiger partial charge in [0.1, 0.15) is 19.8 Å². The van der Waals surface area contributed by atoms with Crippen molar-refractivity contribution < 1.29 is 14.3 Å². The molecular formula is C29H29N3O4. The van der Waals surface area contributed by atoms with Gasteiger partial charge in [0.2, 0.25) is 5.91 Å². The number of hydrogen-bond acceptors (Lipinski definition) is 5. The third-order valence-electron chi connectivity index (χ3n) is 6.31. The molecule has 0 fully saturated rings. The second-order valence-corrected chi connectivity index (χ2v) is 8.78. The van der Waals surface area contributed by atoms with Gasteiger partial charge in [-0.25, -0.2) is 0 Å². The third-order valence-corrected chi connectivity index (χ3v) is 6.31. The average Bonchev–Trinajstić information content (AvgIpc) is 2.92. The van der Waals surface area contributed by atoms with E-state index in [0.717, 1.165) is 23.1 Å². The largest absolute Gasteiger partial charge is 0.486 e. The minimum Gasteiger partial charge on any atom is -0.486 e. The molecule has 0 unspecified atom stereocenters. The van der Waals surface area contributed by atoms with E-state index in [0.29, 0.717) is 48.9 Å². The number of ether oxygens (including phenoxy) is 2. The number of carbonyl (C=O) groups excluding carboxylic acids is 1. The lowest BCUT2D eigenvalue weighted by molar-refractivity contribution is -0.121. The molecule has 4 aromatic rings. The van der Waals surface area contributed by atoms with Gasteiger partial charge in [0.05, 0.1) is 5.52 Å². The van der Waals surface area contributed by atoms with Crippen molar-refractivity contribution in [2.75, 3.05) is 18.5 Å². The molecule has 7 nitrogen and oxygen atoms in total. The van der Waals surface area contributed by atoms with Crippen molar-refractivity contribution in [1.29, 1.82) is 0 Å². The lowest BCUT2D eigenvalue weighted by atomic mass is 10.1. The Hall–Kier alpha value is -4.26. The molecule has 5 rings (SSSR count). The smallest absolute Gasteiger partial charge is 0.256 e. The number of carbonyl (C=O) groups is 1. The van der Waals surface area contributed by atoms with Gasteiger partial charge in [-0.05, 0) is 41.8 Å². The zero-order valence-electron chi connectivity index (χ0n) is 20.3. The van der Waals surface area contributed by atoms with E-state index in [1.54, 1.807) is 6.07 Å². The first-order valence-electron chi connectivity index (χ1n) is 12.2. The summed E-state index contributed by atoms with van der Waals surface area (Å²) in [4.78, 5) is 26.4. The summed E-state index contributed by atoms with van der Waals surface area (Å²) in [5.74, 6) is 0.979. The molecule has 0 bridgehead atoms. The van der Waals surface area contributed by atoms with Gasteiger partial charge in [-0.3, -0.25) is 14.2 Å². The van der Waals surface area contributed by atoms with E-state index in [4.69, 9.17) is 9.47 Å². The molecule has 36 heavy (non-hydrogen) atoms. The van der Waals surface area contributed by atoms with Crippen LogP contribution in [0.25, 0.3) is 10.9 Å². The van der Waals surface area contributed by atoms with Crippen LogP contribution in [-0.4, -0.2) is 23.7 Å². The molecule has 1 aromatic heterocycles. The molecule has 2 N–H and O–H groups in total. The van der Waals surface area contributed by atoms with Crippen LogP contribution >= 0.6 is 0 Å². The van der Waals surface area contributed by atoms with Crippen molar-refractivity contribution >= 4 is 22.5 Å². The molecule has 0 spiro atoms. The van der Waals surface area contributed by atoms with Crippen LogP contribution in [0.2, 0.25) is 0 Å². The summed E-state index contributed by atoms with van der Waals surface area (Å²) in [5.41, 5.74) is 4.16. The zero-order chi connectivity index (χ0) is 24.9. The van der Waals surface area contributed by atoms with Crippen LogP contribution in [0.5, 0.6) is 11.5 Å². The number of benzene rings is 3. The predicted octanol–water partition coefficient (Wildman–Crippen LogP) is 4.26. The monoisotopic (exact) mass is 483 g/mol. The van der Waals surface area contributed by atoms with Crippen molar-refractivity contribution in [3.05, 3.63) is 99.8 Å². The van der Waals surface area contributed by atoms with Crippen LogP contribution in [0.15, 0.2) is 77.6 Å². The molecule has 7 heteroatoms. The molecule has 0 atom stereocenters. The highest BCUT2D eigenvalue weighted by Gasteiger charge is 2.18. The maximum atomic E-state index is 13.6. The summed E-state index contributed by atoms with van der Waals surface area (Å²) in [7, 11) is 0. The Morgan fingerprint density at radius 2 is 1.61 bits per heavy atom. The average molecular weight is 484 g/mol. The number of anilines is 1. The first kappa shape index (κ1) is 23.5. The van der Waals surface area contributed by atoms with E-state index < -0.39 is 0 Å². The van der Waals surface area contributed by atoms with E-state index in [1.807, 2.05) is 54.6 Å². The summed E-state index contributed by atoms with van der Waals surface area (Å²) in [5, 5.41) is 7.07. The van der Waals surface area contributed by atoms with E-state index in [1.165, 1.54) is 10.1 Å². The van der Waals surface area contributed by atoms with Crippen molar-refractivity contribution in [1.82, 2.24) is 9.88 Å². The number of fused-ring (bicyclic) bond motifs is 2. The van der Waals surface area contributed by atoms with Crippen molar-refractivity contribution in [3.8, 4) is 11.5 Å². The van der Waals surface area contributed by atoms with Crippen LogP contribution in [0.1, 0.15) is 23.6 Å². The van der Waals surface area contributed by atoms with Crippen molar-refractivity contribution in [2.24, 2.45) is 0 Å². The maximum Gasteiger partial charge on any atom is 0.256 e. The molecular weight excluding hydrogens is 454 g/mol. The Morgan fingerprint density at radius 3 is 2.33 bits per heavy atom. The highest BCUT2D eigenvalue weighted by Crippen LogP contribution is 2.34. The number of nitrogens with zero attached hydrogens (tertiary/aromatic N) is 1. The molecule has 184 valence electrons. The standard InChI is InChI=1S/C29H29N3O4/c1-2-20-8-10-24(11-9-20)30-18-23-14-22-15-26-27(36-13-12-35-26)16-25(22)32(29(23)34)19-28(33)31-17-21-6-4-3-5-7-21/h3-11,14-16,30H,2,12-13,17-19H2,1H3,(H,31,33). The summed E-state index contributed by atoms with van der Waals surface area (Å²) in [6, 6.07) is 23.4. The van der Waals surface area contributed by atoms with Crippen LogP contribution < -0.4 is 25.7 Å². The SMILES string of the molecule is CCc1ccc(NCc2cc3cc4c(cc3n(CC(=O)NCc3ccccc3)c2=O)OCCO4)cc1. The molecule has 1 amide bonds. The lowest BCUT2D eigenvalue weighted by Gasteiger charge is -2.21. The molecule has 3 aromatic carbocycles. The van der Waals surface area contributed by atoms with E-state index in [9.17, 15) is 9.59 Å². The summed E-state index contributed by atoms with van der Waals surface area (Å²) in [6.45, 7) is 3.67. The highest BCUT2D eigenvalue weighted by atomic mass is 16.6. The fourth-order valence-corrected chi connectivity index (χ4v) is 4.31. The summed E-state index contributed by atoms with van der Waals surface area (Å²) < 4.78 is 13.0. The quantitative estimate of drug-likeness (QED) is 0.391. The maximum absolute atomic E-state index is 13.6. The Bertz CT molecular complexity index is 1430. The molecule has 0 radical (unpaired) electrons. The van der Waals surface area contributed by atoms with Gasteiger partial charge in [-0.15, -0.1) is 0 Å². The van der Waals surface area contributed by atoms with E-state index in [2.05, 4.69) is 29.7 Å². The molecule has 1 aliphatic rings. The number of rotatable bonds is 8. The number of aromatic nitrogens is 1. The minimum atomic E-state index is -0.239. The lowest BCUT2D eigenvalue weighted by Crippen LogP contribution is -2.34. The second kappa shape index (κ2) is 10.6. The third kappa shape index (κ3) is 5.20. The Kier molecular flexibility index (Phi) is 6.89. The van der Waals surface area contributed by atoms with Gasteiger partial charge in [-0.2, -0.15) is 0 Å². The number of pyridine rings is 1. The van der Waals surface area contributed by atoms with Gasteiger partial charge >= 0.3 is 0 Å². The predicted molar refractivity (Wildman–Crippen MR) is 141 cm³/mol. The van der Waals surface area contributed by atoms with Gasteiger partial charge in [0.25, 0.3) is 5.56 Å². The number of aryl methyl sites for hydroxylation is 1. The zero-order valence-corrected chi connectivity index (χ0v) is 20.3. The summed E-state index contributed by atoms with van der Waals surface area (Å²) in [6.07, 6.45) is 0.970. The molecule has 2 heterocycles. The topological polar surface area (TPSA) is 81.6 Å². The number of amides is 1. The Balaban J connectivity index is 1.45. The van der Waals surface area contributed by atoms with Crippen LogP contribution in [0.4, 0.5) is 5.69 Å². The molecule has 0 saturated heterocycles. The fourth-order valence-electron chi connectivity index (χ4n) is 4.31. The van der Waals surface area contributed by atoms with Gasteiger partial charge < -0.3 is 20.1 Å². The van der Waals surface area contributed by atoms with Gasteiger partial charge in [0, 0.05) is 35.8 Å².